The molecule has 0 amide bonds. The molecule has 1 heterocycles. The maximum Gasteiger partial charge on any atom is 0.241 e. The van der Waals surface area contributed by atoms with Crippen molar-refractivity contribution >= 4 is 10.0 Å². The normalized spacial score (nSPS) is 11.7. The number of sulfonamides is 1. The van der Waals surface area contributed by atoms with Crippen molar-refractivity contribution < 1.29 is 8.42 Å². The monoisotopic (exact) mass is 294 g/mol. The largest absolute Gasteiger partial charge is 0.316 e. The lowest BCUT2D eigenvalue weighted by Gasteiger charge is -2.10. The highest BCUT2D eigenvalue weighted by Crippen LogP contribution is 2.17. The minimum atomic E-state index is -3.53. The molecule has 0 bridgehead atoms. The number of benzene rings is 1. The Morgan fingerprint density at radius 1 is 1.25 bits per heavy atom. The number of hydrogen-bond donors (Lipinski definition) is 3. The zero-order chi connectivity index (χ0) is 14.6. The van der Waals surface area contributed by atoms with Crippen molar-refractivity contribution in [3.05, 3.63) is 47.3 Å². The van der Waals surface area contributed by atoms with Crippen LogP contribution in [0.1, 0.15) is 16.7 Å². The summed E-state index contributed by atoms with van der Waals surface area (Å²) < 4.78 is 27.3. The van der Waals surface area contributed by atoms with Crippen LogP contribution in [0.2, 0.25) is 0 Å². The number of nitrogens with one attached hydrogen (secondary N) is 3. The minimum Gasteiger partial charge on any atom is -0.316 e. The molecule has 1 aromatic heterocycles. The second-order valence-corrected chi connectivity index (χ2v) is 6.30. The smallest absolute Gasteiger partial charge is 0.241 e. The van der Waals surface area contributed by atoms with Crippen LogP contribution in [0.25, 0.3) is 0 Å². The zero-order valence-corrected chi connectivity index (χ0v) is 12.3. The maximum absolute atomic E-state index is 12.3. The van der Waals surface area contributed by atoms with Gasteiger partial charge < -0.3 is 5.32 Å². The van der Waals surface area contributed by atoms with Crippen LogP contribution in [-0.2, 0) is 23.1 Å². The highest BCUT2D eigenvalue weighted by atomic mass is 32.2. The summed E-state index contributed by atoms with van der Waals surface area (Å²) in [5, 5.41) is 9.44. The van der Waals surface area contributed by atoms with Crippen LogP contribution in [0.5, 0.6) is 0 Å². The summed E-state index contributed by atoms with van der Waals surface area (Å²) >= 11 is 0. The maximum atomic E-state index is 12.3. The van der Waals surface area contributed by atoms with Crippen molar-refractivity contribution in [2.24, 2.45) is 0 Å². The number of aromatic amines is 1. The molecule has 0 fully saturated rings. The van der Waals surface area contributed by atoms with Crippen molar-refractivity contribution in [3.63, 3.8) is 0 Å². The van der Waals surface area contributed by atoms with E-state index in [0.29, 0.717) is 11.4 Å². The predicted molar refractivity (Wildman–Crippen MR) is 76.6 cm³/mol. The molecule has 0 spiro atoms. The number of rotatable bonds is 6. The first kappa shape index (κ1) is 14.7. The van der Waals surface area contributed by atoms with Gasteiger partial charge in [0, 0.05) is 24.8 Å². The van der Waals surface area contributed by atoms with E-state index in [1.807, 2.05) is 19.2 Å². The molecule has 0 saturated heterocycles. The third-order valence-corrected chi connectivity index (χ3v) is 4.49. The Bertz CT molecular complexity index is 666. The van der Waals surface area contributed by atoms with Gasteiger partial charge in [0.05, 0.1) is 11.1 Å². The average molecular weight is 294 g/mol. The van der Waals surface area contributed by atoms with Gasteiger partial charge in [-0.15, -0.1) is 0 Å². The molecule has 3 N–H and O–H groups in total. The fourth-order valence-electron chi connectivity index (χ4n) is 1.88. The van der Waals surface area contributed by atoms with Crippen molar-refractivity contribution in [2.75, 3.05) is 7.05 Å². The van der Waals surface area contributed by atoms with E-state index in [1.165, 1.54) is 0 Å². The Morgan fingerprint density at radius 3 is 2.70 bits per heavy atom. The molecule has 108 valence electrons. The summed E-state index contributed by atoms with van der Waals surface area (Å²) in [7, 11) is -1.70. The molecule has 0 saturated carbocycles. The summed E-state index contributed by atoms with van der Waals surface area (Å²) in [5.41, 5.74) is 2.45. The Labute approximate surface area is 118 Å². The van der Waals surface area contributed by atoms with Gasteiger partial charge in [-0.3, -0.25) is 5.10 Å². The molecule has 0 radical (unpaired) electrons. The van der Waals surface area contributed by atoms with Crippen molar-refractivity contribution in [1.29, 1.82) is 0 Å². The van der Waals surface area contributed by atoms with Crippen LogP contribution < -0.4 is 10.0 Å². The standard InChI is InChI=1S/C13H18N4O2S/c1-10-3-4-11(6-14-2)5-13(10)20(18,19)17-9-12-7-15-16-8-12/h3-5,7-8,14,17H,6,9H2,1-2H3,(H,15,16). The predicted octanol–water partition coefficient (Wildman–Crippen LogP) is 0.916. The third kappa shape index (κ3) is 3.44. The summed E-state index contributed by atoms with van der Waals surface area (Å²) in [6.07, 6.45) is 3.25. The molecule has 2 rings (SSSR count). The van der Waals surface area contributed by atoms with Crippen molar-refractivity contribution in [3.8, 4) is 0 Å². The van der Waals surface area contributed by atoms with Gasteiger partial charge in [0.1, 0.15) is 0 Å². The fraction of sp³-hybridized carbons (Fsp3) is 0.308. The van der Waals surface area contributed by atoms with E-state index in [2.05, 4.69) is 20.2 Å². The minimum absolute atomic E-state index is 0.217. The molecule has 20 heavy (non-hydrogen) atoms. The van der Waals surface area contributed by atoms with Gasteiger partial charge in [0.15, 0.2) is 0 Å². The Hall–Kier alpha value is -1.70. The summed E-state index contributed by atoms with van der Waals surface area (Å²) in [4.78, 5) is 0.314. The topological polar surface area (TPSA) is 86.9 Å². The van der Waals surface area contributed by atoms with E-state index in [-0.39, 0.29) is 6.54 Å². The lowest BCUT2D eigenvalue weighted by Crippen LogP contribution is -2.24. The van der Waals surface area contributed by atoms with Gasteiger partial charge in [0.25, 0.3) is 0 Å². The molecule has 0 aliphatic heterocycles. The molecule has 7 heteroatoms. The van der Waals surface area contributed by atoms with Crippen LogP contribution in [0.15, 0.2) is 35.5 Å². The van der Waals surface area contributed by atoms with Crippen LogP contribution in [-0.4, -0.2) is 25.7 Å². The van der Waals surface area contributed by atoms with Gasteiger partial charge in [-0.1, -0.05) is 12.1 Å². The highest BCUT2D eigenvalue weighted by molar-refractivity contribution is 7.89. The van der Waals surface area contributed by atoms with Gasteiger partial charge >= 0.3 is 0 Å². The van der Waals surface area contributed by atoms with Gasteiger partial charge in [0.2, 0.25) is 10.0 Å². The first-order valence-electron chi connectivity index (χ1n) is 6.24. The zero-order valence-electron chi connectivity index (χ0n) is 11.5. The van der Waals surface area contributed by atoms with E-state index in [1.54, 1.807) is 25.4 Å². The fourth-order valence-corrected chi connectivity index (χ4v) is 3.19. The van der Waals surface area contributed by atoms with Crippen LogP contribution in [0.3, 0.4) is 0 Å². The average Bonchev–Trinajstić information content (AvgIpc) is 2.92. The van der Waals surface area contributed by atoms with E-state index in [4.69, 9.17) is 0 Å². The summed E-state index contributed by atoms with van der Waals surface area (Å²) in [6, 6.07) is 5.43. The SMILES string of the molecule is CNCc1ccc(C)c(S(=O)(=O)NCc2cn[nH]c2)c1. The van der Waals surface area contributed by atoms with E-state index in [0.717, 1.165) is 16.7 Å². The molecule has 0 unspecified atom stereocenters. The first-order valence-corrected chi connectivity index (χ1v) is 7.72. The highest BCUT2D eigenvalue weighted by Gasteiger charge is 2.17. The number of aryl methyl sites for hydroxylation is 1. The van der Waals surface area contributed by atoms with E-state index >= 15 is 0 Å². The molecular formula is C13H18N4O2S. The molecule has 0 aliphatic rings. The number of aromatic nitrogens is 2. The molecule has 2 aromatic rings. The first-order chi connectivity index (χ1) is 9.53. The van der Waals surface area contributed by atoms with E-state index in [9.17, 15) is 8.42 Å². The lowest BCUT2D eigenvalue weighted by atomic mass is 10.1. The number of nitrogens with zero attached hydrogens (tertiary/aromatic N) is 1. The van der Waals surface area contributed by atoms with Crippen molar-refractivity contribution in [1.82, 2.24) is 20.2 Å². The molecule has 0 aliphatic carbocycles. The second kappa shape index (κ2) is 6.17. The Balaban J connectivity index is 2.21. The molecular weight excluding hydrogens is 276 g/mol. The van der Waals surface area contributed by atoms with Gasteiger partial charge in [-0.2, -0.15) is 5.10 Å². The Morgan fingerprint density at radius 2 is 2.05 bits per heavy atom. The van der Waals surface area contributed by atoms with Gasteiger partial charge in [-0.05, 0) is 31.2 Å². The quantitative estimate of drug-likeness (QED) is 0.739. The third-order valence-electron chi connectivity index (χ3n) is 2.94. The molecule has 6 nitrogen and oxygen atoms in total. The number of H-pyrrole nitrogens is 1. The van der Waals surface area contributed by atoms with Gasteiger partial charge in [-0.25, -0.2) is 13.1 Å². The molecule has 1 aromatic carbocycles. The summed E-state index contributed by atoms with van der Waals surface area (Å²) in [6.45, 7) is 2.63. The van der Waals surface area contributed by atoms with Crippen LogP contribution in [0.4, 0.5) is 0 Å². The van der Waals surface area contributed by atoms with Crippen LogP contribution in [0, 0.1) is 6.92 Å². The van der Waals surface area contributed by atoms with E-state index < -0.39 is 10.0 Å². The Kier molecular flexibility index (Phi) is 4.53. The lowest BCUT2D eigenvalue weighted by molar-refractivity contribution is 0.580. The molecule has 0 atom stereocenters. The summed E-state index contributed by atoms with van der Waals surface area (Å²) in [5.74, 6) is 0. The second-order valence-electron chi connectivity index (χ2n) is 4.56. The van der Waals surface area contributed by atoms with Crippen LogP contribution >= 0.6 is 0 Å². The van der Waals surface area contributed by atoms with Crippen molar-refractivity contribution in [2.45, 2.75) is 24.9 Å². The number of hydrogen-bond acceptors (Lipinski definition) is 4.